The molecular formula is C31H39N3O3. The van der Waals surface area contributed by atoms with Gasteiger partial charge in [0.1, 0.15) is 6.54 Å². The topological polar surface area (TPSA) is 54.8 Å². The van der Waals surface area contributed by atoms with E-state index in [1.807, 2.05) is 68.3 Å². The van der Waals surface area contributed by atoms with Crippen LogP contribution in [0.1, 0.15) is 43.2 Å². The molecule has 3 aromatic rings. The van der Waals surface area contributed by atoms with Crippen LogP contribution in [0.15, 0.2) is 79.0 Å². The minimum atomic E-state index is -0.425. The van der Waals surface area contributed by atoms with Gasteiger partial charge < -0.3 is 19.1 Å². The fraction of sp³-hybridized carbons (Fsp3) is 0.355. The Bertz CT molecular complexity index is 1190. The summed E-state index contributed by atoms with van der Waals surface area (Å²) in [6, 6.07) is 22.2. The quantitative estimate of drug-likeness (QED) is 0.341. The molecule has 2 aromatic carbocycles. The SMILES string of the molecule is COCCN(CC(=O)N(Cc1cccn1Cc1cccc(C)c1)C(C)(C)C)C(=O)C=Cc1ccccc1. The molecule has 3 rings (SSSR count). The fourth-order valence-corrected chi connectivity index (χ4v) is 4.17. The van der Waals surface area contributed by atoms with Gasteiger partial charge in [-0.1, -0.05) is 60.2 Å². The lowest BCUT2D eigenvalue weighted by Crippen LogP contribution is -2.50. The number of ether oxygens (including phenoxy) is 1. The molecule has 1 aromatic heterocycles. The molecule has 0 atom stereocenters. The van der Waals surface area contributed by atoms with E-state index in [0.717, 1.165) is 17.8 Å². The van der Waals surface area contributed by atoms with Crippen molar-refractivity contribution in [2.45, 2.75) is 46.3 Å². The van der Waals surface area contributed by atoms with E-state index in [4.69, 9.17) is 4.74 Å². The van der Waals surface area contributed by atoms with Gasteiger partial charge in [-0.3, -0.25) is 9.59 Å². The predicted molar refractivity (Wildman–Crippen MR) is 149 cm³/mol. The molecule has 0 N–H and O–H groups in total. The lowest BCUT2D eigenvalue weighted by molar-refractivity contribution is -0.142. The van der Waals surface area contributed by atoms with E-state index in [1.165, 1.54) is 17.2 Å². The summed E-state index contributed by atoms with van der Waals surface area (Å²) in [6.07, 6.45) is 5.34. The number of rotatable bonds is 11. The zero-order valence-electron chi connectivity index (χ0n) is 22.7. The van der Waals surface area contributed by atoms with Crippen molar-refractivity contribution in [1.82, 2.24) is 14.4 Å². The molecule has 0 unspecified atom stereocenters. The summed E-state index contributed by atoms with van der Waals surface area (Å²) >= 11 is 0. The summed E-state index contributed by atoms with van der Waals surface area (Å²) in [5, 5.41) is 0. The Kier molecular flexibility index (Phi) is 9.86. The van der Waals surface area contributed by atoms with Crippen LogP contribution in [0.3, 0.4) is 0 Å². The van der Waals surface area contributed by atoms with Crippen LogP contribution < -0.4 is 0 Å². The molecule has 0 aliphatic heterocycles. The smallest absolute Gasteiger partial charge is 0.247 e. The fourth-order valence-electron chi connectivity index (χ4n) is 4.17. The van der Waals surface area contributed by atoms with Crippen LogP contribution in [-0.4, -0.2) is 58.5 Å². The molecule has 0 bridgehead atoms. The van der Waals surface area contributed by atoms with Crippen LogP contribution in [0.5, 0.6) is 0 Å². The monoisotopic (exact) mass is 501 g/mol. The van der Waals surface area contributed by atoms with Gasteiger partial charge in [-0.05, 0) is 57.0 Å². The highest BCUT2D eigenvalue weighted by molar-refractivity contribution is 5.94. The maximum Gasteiger partial charge on any atom is 0.247 e. The molecule has 0 radical (unpaired) electrons. The van der Waals surface area contributed by atoms with Crippen molar-refractivity contribution < 1.29 is 14.3 Å². The van der Waals surface area contributed by atoms with Crippen molar-refractivity contribution in [2.75, 3.05) is 26.8 Å². The molecule has 0 fully saturated rings. The molecule has 0 aliphatic rings. The molecule has 0 saturated heterocycles. The van der Waals surface area contributed by atoms with E-state index in [2.05, 4.69) is 41.8 Å². The van der Waals surface area contributed by atoms with Gasteiger partial charge in [0.25, 0.3) is 0 Å². The summed E-state index contributed by atoms with van der Waals surface area (Å²) in [5.41, 5.74) is 3.99. The van der Waals surface area contributed by atoms with E-state index in [0.29, 0.717) is 19.7 Å². The standard InChI is InChI=1S/C31H39N3O3/c1-25-11-9-14-27(21-25)22-32-18-10-15-28(32)23-34(31(2,3)4)30(36)24-33(19-20-37-5)29(35)17-16-26-12-7-6-8-13-26/h6-18,21H,19-20,22-24H2,1-5H3. The lowest BCUT2D eigenvalue weighted by Gasteiger charge is -2.37. The van der Waals surface area contributed by atoms with E-state index in [-0.39, 0.29) is 18.4 Å². The Morgan fingerprint density at radius 2 is 1.76 bits per heavy atom. The highest BCUT2D eigenvalue weighted by Crippen LogP contribution is 2.20. The molecule has 196 valence electrons. The third kappa shape index (κ3) is 8.46. The number of amides is 2. The number of hydrogen-bond donors (Lipinski definition) is 0. The molecule has 0 spiro atoms. The number of carbonyl (C=O) groups excluding carboxylic acids is 2. The first-order chi connectivity index (χ1) is 17.7. The van der Waals surface area contributed by atoms with Gasteiger partial charge in [0.2, 0.25) is 11.8 Å². The van der Waals surface area contributed by atoms with Crippen LogP contribution >= 0.6 is 0 Å². The number of benzene rings is 2. The summed E-state index contributed by atoms with van der Waals surface area (Å²) in [6.45, 7) is 10.0. The largest absolute Gasteiger partial charge is 0.383 e. The van der Waals surface area contributed by atoms with Crippen LogP contribution in [-0.2, 0) is 27.4 Å². The highest BCUT2D eigenvalue weighted by Gasteiger charge is 2.29. The van der Waals surface area contributed by atoms with Gasteiger partial charge in [0.15, 0.2) is 0 Å². The molecule has 6 nitrogen and oxygen atoms in total. The molecule has 37 heavy (non-hydrogen) atoms. The van der Waals surface area contributed by atoms with Crippen molar-refractivity contribution in [3.63, 3.8) is 0 Å². The van der Waals surface area contributed by atoms with Crippen molar-refractivity contribution in [2.24, 2.45) is 0 Å². The number of carbonyl (C=O) groups is 2. The Balaban J connectivity index is 1.76. The Labute approximate surface area is 221 Å². The van der Waals surface area contributed by atoms with Gasteiger partial charge in [0.05, 0.1) is 13.2 Å². The second-order valence-electron chi connectivity index (χ2n) is 10.3. The predicted octanol–water partition coefficient (Wildman–Crippen LogP) is 5.16. The number of aryl methyl sites for hydroxylation is 1. The van der Waals surface area contributed by atoms with E-state index in [9.17, 15) is 9.59 Å². The normalized spacial score (nSPS) is 11.6. The molecule has 2 amide bonds. The number of hydrogen-bond acceptors (Lipinski definition) is 3. The maximum atomic E-state index is 13.6. The second-order valence-corrected chi connectivity index (χ2v) is 10.3. The average Bonchev–Trinajstić information content (AvgIpc) is 3.29. The maximum absolute atomic E-state index is 13.6. The number of nitrogens with zero attached hydrogens (tertiary/aromatic N) is 3. The molecular weight excluding hydrogens is 462 g/mol. The first-order valence-electron chi connectivity index (χ1n) is 12.7. The van der Waals surface area contributed by atoms with Crippen molar-refractivity contribution in [3.8, 4) is 0 Å². The first-order valence-corrected chi connectivity index (χ1v) is 12.7. The third-order valence-corrected chi connectivity index (χ3v) is 6.21. The zero-order valence-corrected chi connectivity index (χ0v) is 22.7. The molecule has 1 heterocycles. The van der Waals surface area contributed by atoms with Gasteiger partial charge in [-0.25, -0.2) is 0 Å². The summed E-state index contributed by atoms with van der Waals surface area (Å²) < 4.78 is 7.39. The highest BCUT2D eigenvalue weighted by atomic mass is 16.5. The van der Waals surface area contributed by atoms with Crippen LogP contribution in [0.25, 0.3) is 6.08 Å². The molecule has 6 heteroatoms. The Hall–Kier alpha value is -3.64. The van der Waals surface area contributed by atoms with E-state index < -0.39 is 5.54 Å². The van der Waals surface area contributed by atoms with E-state index >= 15 is 0 Å². The van der Waals surface area contributed by atoms with Crippen molar-refractivity contribution in [3.05, 3.63) is 101 Å². The van der Waals surface area contributed by atoms with Crippen LogP contribution in [0.2, 0.25) is 0 Å². The minimum absolute atomic E-state index is 0.0167. The zero-order chi connectivity index (χ0) is 26.8. The summed E-state index contributed by atoms with van der Waals surface area (Å²) in [4.78, 5) is 30.1. The average molecular weight is 502 g/mol. The molecule has 0 aliphatic carbocycles. The van der Waals surface area contributed by atoms with Gasteiger partial charge in [0, 0.05) is 43.7 Å². The number of methoxy groups -OCH3 is 1. The minimum Gasteiger partial charge on any atom is -0.383 e. The summed E-state index contributed by atoms with van der Waals surface area (Å²) in [7, 11) is 1.59. The second kappa shape index (κ2) is 13.1. The van der Waals surface area contributed by atoms with Gasteiger partial charge in [-0.2, -0.15) is 0 Å². The van der Waals surface area contributed by atoms with Crippen LogP contribution in [0.4, 0.5) is 0 Å². The van der Waals surface area contributed by atoms with Crippen molar-refractivity contribution in [1.29, 1.82) is 0 Å². The molecule has 0 saturated carbocycles. The Morgan fingerprint density at radius 3 is 2.43 bits per heavy atom. The van der Waals surface area contributed by atoms with Gasteiger partial charge >= 0.3 is 0 Å². The number of aromatic nitrogens is 1. The van der Waals surface area contributed by atoms with Crippen molar-refractivity contribution >= 4 is 17.9 Å². The van der Waals surface area contributed by atoms with Crippen LogP contribution in [0, 0.1) is 6.92 Å². The Morgan fingerprint density at radius 1 is 1.00 bits per heavy atom. The first kappa shape index (κ1) is 27.9. The van der Waals surface area contributed by atoms with E-state index in [1.54, 1.807) is 18.1 Å². The van der Waals surface area contributed by atoms with Gasteiger partial charge in [-0.15, -0.1) is 0 Å². The lowest BCUT2D eigenvalue weighted by atomic mass is 10.1. The summed E-state index contributed by atoms with van der Waals surface area (Å²) in [5.74, 6) is -0.320. The third-order valence-electron chi connectivity index (χ3n) is 6.21.